The average molecular weight is 302 g/mol. The first kappa shape index (κ1) is 16.5. The monoisotopic (exact) mass is 302 g/mol. The summed E-state index contributed by atoms with van der Waals surface area (Å²) in [4.78, 5) is 26.1. The molecule has 0 aliphatic carbocycles. The summed E-state index contributed by atoms with van der Waals surface area (Å²) in [6.45, 7) is 8.00. The lowest BCUT2D eigenvalue weighted by atomic mass is 9.97. The van der Waals surface area contributed by atoms with Crippen LogP contribution in [0.1, 0.15) is 42.6 Å². The van der Waals surface area contributed by atoms with Gasteiger partial charge < -0.3 is 10.2 Å². The van der Waals surface area contributed by atoms with Crippen LogP contribution >= 0.6 is 0 Å². The number of piperidine rings is 1. The van der Waals surface area contributed by atoms with Crippen molar-refractivity contribution in [3.8, 4) is 0 Å². The molecule has 4 heteroatoms. The van der Waals surface area contributed by atoms with E-state index < -0.39 is 0 Å². The molecular formula is C18H26N2O2. The first-order valence-corrected chi connectivity index (χ1v) is 8.11. The molecule has 1 aliphatic rings. The van der Waals surface area contributed by atoms with E-state index in [1.807, 2.05) is 49.9 Å². The van der Waals surface area contributed by atoms with Gasteiger partial charge in [-0.3, -0.25) is 9.59 Å². The molecule has 1 N–H and O–H groups in total. The quantitative estimate of drug-likeness (QED) is 0.929. The minimum Gasteiger partial charge on any atom is -0.356 e. The van der Waals surface area contributed by atoms with Gasteiger partial charge in [-0.05, 0) is 37.8 Å². The summed E-state index contributed by atoms with van der Waals surface area (Å²) in [5.74, 6) is 0.543. The number of aryl methyl sites for hydroxylation is 1. The summed E-state index contributed by atoms with van der Waals surface area (Å²) in [5.41, 5.74) is 1.90. The van der Waals surface area contributed by atoms with Crippen molar-refractivity contribution in [2.45, 2.75) is 33.6 Å². The Morgan fingerprint density at radius 1 is 1.27 bits per heavy atom. The van der Waals surface area contributed by atoms with Crippen molar-refractivity contribution in [3.05, 3.63) is 35.4 Å². The number of rotatable bonds is 4. The summed E-state index contributed by atoms with van der Waals surface area (Å²) in [7, 11) is 0. The molecule has 0 radical (unpaired) electrons. The second-order valence-corrected chi connectivity index (χ2v) is 6.53. The van der Waals surface area contributed by atoms with E-state index in [1.54, 1.807) is 0 Å². The molecule has 1 heterocycles. The zero-order chi connectivity index (χ0) is 16.1. The molecule has 1 aliphatic heterocycles. The molecule has 120 valence electrons. The number of hydrogen-bond donors (Lipinski definition) is 1. The molecule has 0 unspecified atom stereocenters. The van der Waals surface area contributed by atoms with Crippen molar-refractivity contribution in [1.29, 1.82) is 0 Å². The van der Waals surface area contributed by atoms with Crippen molar-refractivity contribution in [2.24, 2.45) is 11.8 Å². The van der Waals surface area contributed by atoms with E-state index in [-0.39, 0.29) is 17.7 Å². The third-order valence-corrected chi connectivity index (χ3v) is 4.19. The number of amides is 2. The highest BCUT2D eigenvalue weighted by atomic mass is 16.2. The van der Waals surface area contributed by atoms with Gasteiger partial charge in [0.2, 0.25) is 5.91 Å². The molecule has 0 saturated carbocycles. The molecule has 22 heavy (non-hydrogen) atoms. The van der Waals surface area contributed by atoms with Crippen LogP contribution in [0.3, 0.4) is 0 Å². The smallest absolute Gasteiger partial charge is 0.253 e. The third kappa shape index (κ3) is 4.33. The van der Waals surface area contributed by atoms with Crippen LogP contribution < -0.4 is 5.32 Å². The van der Waals surface area contributed by atoms with Crippen molar-refractivity contribution < 1.29 is 9.59 Å². The van der Waals surface area contributed by atoms with Gasteiger partial charge in [0.25, 0.3) is 5.91 Å². The Morgan fingerprint density at radius 3 is 2.59 bits per heavy atom. The van der Waals surface area contributed by atoms with E-state index in [9.17, 15) is 9.59 Å². The van der Waals surface area contributed by atoms with Crippen LogP contribution in [0.25, 0.3) is 0 Å². The Bertz CT molecular complexity index is 522. The van der Waals surface area contributed by atoms with Crippen molar-refractivity contribution in [3.63, 3.8) is 0 Å². The predicted molar refractivity (Wildman–Crippen MR) is 87.7 cm³/mol. The lowest BCUT2D eigenvalue weighted by Gasteiger charge is -2.33. The second kappa shape index (κ2) is 7.43. The molecule has 2 amide bonds. The maximum atomic E-state index is 12.5. The van der Waals surface area contributed by atoms with Crippen LogP contribution in [0, 0.1) is 18.8 Å². The van der Waals surface area contributed by atoms with Gasteiger partial charge in [0.1, 0.15) is 0 Å². The second-order valence-electron chi connectivity index (χ2n) is 6.53. The van der Waals surface area contributed by atoms with Crippen LogP contribution in [0.2, 0.25) is 0 Å². The molecule has 4 nitrogen and oxygen atoms in total. The van der Waals surface area contributed by atoms with Gasteiger partial charge in [-0.25, -0.2) is 0 Å². The standard InChI is InChI=1S/C18H26N2O2/c1-13(2)17(21)19-11-15-5-4-10-20(12-15)18(22)16-8-6-14(3)7-9-16/h6-9,13,15H,4-5,10-12H2,1-3H3,(H,19,21)/t15-/m0/s1. The normalized spacial score (nSPS) is 18.4. The molecule has 1 fully saturated rings. The van der Waals surface area contributed by atoms with Gasteiger partial charge in [-0.1, -0.05) is 31.5 Å². The van der Waals surface area contributed by atoms with E-state index >= 15 is 0 Å². The van der Waals surface area contributed by atoms with Gasteiger partial charge in [-0.15, -0.1) is 0 Å². The summed E-state index contributed by atoms with van der Waals surface area (Å²) in [6.07, 6.45) is 2.07. The number of benzene rings is 1. The third-order valence-electron chi connectivity index (χ3n) is 4.19. The molecule has 0 spiro atoms. The van der Waals surface area contributed by atoms with Gasteiger partial charge in [0, 0.05) is 31.1 Å². The van der Waals surface area contributed by atoms with E-state index in [4.69, 9.17) is 0 Å². The summed E-state index contributed by atoms with van der Waals surface area (Å²) in [6, 6.07) is 7.72. The molecule has 1 atom stereocenters. The van der Waals surface area contributed by atoms with Crippen LogP contribution in [0.4, 0.5) is 0 Å². The minimum absolute atomic E-state index is 0.00823. The topological polar surface area (TPSA) is 49.4 Å². The fourth-order valence-corrected chi connectivity index (χ4v) is 2.74. The molecular weight excluding hydrogens is 276 g/mol. The minimum atomic E-state index is 0.00823. The van der Waals surface area contributed by atoms with Crippen LogP contribution in [-0.2, 0) is 4.79 Å². The number of nitrogens with zero attached hydrogens (tertiary/aromatic N) is 1. The fourth-order valence-electron chi connectivity index (χ4n) is 2.74. The highest BCUT2D eigenvalue weighted by Crippen LogP contribution is 2.18. The van der Waals surface area contributed by atoms with Crippen molar-refractivity contribution >= 4 is 11.8 Å². The Labute approximate surface area is 132 Å². The maximum absolute atomic E-state index is 12.5. The average Bonchev–Trinajstić information content (AvgIpc) is 2.52. The highest BCUT2D eigenvalue weighted by molar-refractivity contribution is 5.94. The maximum Gasteiger partial charge on any atom is 0.253 e. The predicted octanol–water partition coefficient (Wildman–Crippen LogP) is 2.62. The molecule has 1 aromatic carbocycles. The van der Waals surface area contributed by atoms with Crippen LogP contribution in [0.5, 0.6) is 0 Å². The number of hydrogen-bond acceptors (Lipinski definition) is 2. The van der Waals surface area contributed by atoms with Gasteiger partial charge in [0.15, 0.2) is 0 Å². The molecule has 0 aromatic heterocycles. The summed E-state index contributed by atoms with van der Waals surface area (Å²) >= 11 is 0. The van der Waals surface area contributed by atoms with E-state index in [1.165, 1.54) is 0 Å². The Morgan fingerprint density at radius 2 is 1.95 bits per heavy atom. The van der Waals surface area contributed by atoms with E-state index in [0.29, 0.717) is 12.5 Å². The van der Waals surface area contributed by atoms with Gasteiger partial charge in [-0.2, -0.15) is 0 Å². The first-order chi connectivity index (χ1) is 10.5. The number of nitrogens with one attached hydrogen (secondary N) is 1. The van der Waals surface area contributed by atoms with Crippen molar-refractivity contribution in [2.75, 3.05) is 19.6 Å². The number of carbonyl (C=O) groups is 2. The Hall–Kier alpha value is -1.84. The fraction of sp³-hybridized carbons (Fsp3) is 0.556. The summed E-state index contributed by atoms with van der Waals surface area (Å²) in [5, 5.41) is 2.98. The lowest BCUT2D eigenvalue weighted by molar-refractivity contribution is -0.124. The lowest BCUT2D eigenvalue weighted by Crippen LogP contribution is -2.44. The van der Waals surface area contributed by atoms with E-state index in [0.717, 1.165) is 37.1 Å². The van der Waals surface area contributed by atoms with Crippen LogP contribution in [0.15, 0.2) is 24.3 Å². The van der Waals surface area contributed by atoms with Crippen molar-refractivity contribution in [1.82, 2.24) is 10.2 Å². The SMILES string of the molecule is Cc1ccc(C(=O)N2CCC[C@@H](CNC(=O)C(C)C)C2)cc1. The molecule has 2 rings (SSSR count). The number of carbonyl (C=O) groups excluding carboxylic acids is 2. The zero-order valence-corrected chi connectivity index (χ0v) is 13.8. The summed E-state index contributed by atoms with van der Waals surface area (Å²) < 4.78 is 0. The molecule has 0 bridgehead atoms. The Kier molecular flexibility index (Phi) is 5.58. The van der Waals surface area contributed by atoms with Crippen LogP contribution in [-0.4, -0.2) is 36.3 Å². The highest BCUT2D eigenvalue weighted by Gasteiger charge is 2.24. The number of likely N-dealkylation sites (tertiary alicyclic amines) is 1. The van der Waals surface area contributed by atoms with Gasteiger partial charge in [0.05, 0.1) is 0 Å². The largest absolute Gasteiger partial charge is 0.356 e. The molecule has 1 saturated heterocycles. The van der Waals surface area contributed by atoms with Gasteiger partial charge >= 0.3 is 0 Å². The van der Waals surface area contributed by atoms with E-state index in [2.05, 4.69) is 5.32 Å². The molecule has 1 aromatic rings. The zero-order valence-electron chi connectivity index (χ0n) is 13.8. The Balaban J connectivity index is 1.91. The first-order valence-electron chi connectivity index (χ1n) is 8.11.